The fourth-order valence-electron chi connectivity index (χ4n) is 2.65. The molecule has 4 nitrogen and oxygen atoms in total. The first-order chi connectivity index (χ1) is 9.19. The SMILES string of the molecule is CC1CCCC1CNC(=O)Nc1ccc(CN)cc1. The summed E-state index contributed by atoms with van der Waals surface area (Å²) >= 11 is 0. The van der Waals surface area contributed by atoms with Gasteiger partial charge in [-0.3, -0.25) is 0 Å². The highest BCUT2D eigenvalue weighted by Crippen LogP contribution is 2.30. The van der Waals surface area contributed by atoms with Crippen molar-refractivity contribution in [1.29, 1.82) is 0 Å². The fourth-order valence-corrected chi connectivity index (χ4v) is 2.65. The molecular formula is C15H23N3O. The number of hydrogen-bond donors (Lipinski definition) is 3. The molecule has 0 radical (unpaired) electrons. The number of urea groups is 1. The Balaban J connectivity index is 1.77. The fraction of sp³-hybridized carbons (Fsp3) is 0.533. The average Bonchev–Trinajstić information content (AvgIpc) is 2.83. The molecule has 0 saturated heterocycles. The third kappa shape index (κ3) is 3.96. The monoisotopic (exact) mass is 261 g/mol. The van der Waals surface area contributed by atoms with Gasteiger partial charge in [-0.1, -0.05) is 31.9 Å². The lowest BCUT2D eigenvalue weighted by atomic mass is 9.98. The molecule has 0 aromatic heterocycles. The van der Waals surface area contributed by atoms with Crippen LogP contribution in [0.3, 0.4) is 0 Å². The molecule has 19 heavy (non-hydrogen) atoms. The van der Waals surface area contributed by atoms with Gasteiger partial charge in [0, 0.05) is 18.8 Å². The van der Waals surface area contributed by atoms with Crippen LogP contribution in [0.15, 0.2) is 24.3 Å². The molecular weight excluding hydrogens is 238 g/mol. The first kappa shape index (κ1) is 13.9. The minimum atomic E-state index is -0.125. The number of carbonyl (C=O) groups is 1. The number of hydrogen-bond acceptors (Lipinski definition) is 2. The van der Waals surface area contributed by atoms with Gasteiger partial charge >= 0.3 is 6.03 Å². The van der Waals surface area contributed by atoms with Crippen LogP contribution in [0.5, 0.6) is 0 Å². The highest BCUT2D eigenvalue weighted by molar-refractivity contribution is 5.89. The third-order valence-electron chi connectivity index (χ3n) is 4.01. The lowest BCUT2D eigenvalue weighted by molar-refractivity contribution is 0.248. The molecule has 1 aromatic carbocycles. The molecule has 4 N–H and O–H groups in total. The quantitative estimate of drug-likeness (QED) is 0.780. The number of anilines is 1. The van der Waals surface area contributed by atoms with E-state index < -0.39 is 0 Å². The second kappa shape index (κ2) is 6.57. The van der Waals surface area contributed by atoms with Crippen molar-refractivity contribution in [2.24, 2.45) is 17.6 Å². The topological polar surface area (TPSA) is 67.2 Å². The van der Waals surface area contributed by atoms with Crippen LogP contribution in [0.2, 0.25) is 0 Å². The molecule has 104 valence electrons. The molecule has 1 aromatic rings. The molecule has 0 heterocycles. The number of benzene rings is 1. The molecule has 2 rings (SSSR count). The zero-order valence-electron chi connectivity index (χ0n) is 11.5. The first-order valence-electron chi connectivity index (χ1n) is 7.03. The van der Waals surface area contributed by atoms with Gasteiger partial charge in [0.1, 0.15) is 0 Å². The van der Waals surface area contributed by atoms with Crippen LogP contribution in [-0.4, -0.2) is 12.6 Å². The Morgan fingerprint density at radius 2 is 2.05 bits per heavy atom. The summed E-state index contributed by atoms with van der Waals surface area (Å²) in [6.07, 6.45) is 3.80. The normalized spacial score (nSPS) is 22.2. The van der Waals surface area contributed by atoms with Gasteiger partial charge in [-0.15, -0.1) is 0 Å². The van der Waals surface area contributed by atoms with Crippen LogP contribution < -0.4 is 16.4 Å². The summed E-state index contributed by atoms with van der Waals surface area (Å²) in [5, 5.41) is 5.80. The predicted molar refractivity (Wildman–Crippen MR) is 77.9 cm³/mol. The Morgan fingerprint density at radius 3 is 2.63 bits per heavy atom. The number of rotatable bonds is 4. The molecule has 0 aliphatic heterocycles. The number of amides is 2. The van der Waals surface area contributed by atoms with Gasteiger partial charge in [0.25, 0.3) is 0 Å². The maximum absolute atomic E-state index is 11.8. The van der Waals surface area contributed by atoms with Crippen LogP contribution in [0.4, 0.5) is 10.5 Å². The van der Waals surface area contributed by atoms with E-state index in [0.29, 0.717) is 12.5 Å². The third-order valence-corrected chi connectivity index (χ3v) is 4.01. The molecule has 1 aliphatic rings. The van der Waals surface area contributed by atoms with Gasteiger partial charge in [0.15, 0.2) is 0 Å². The Morgan fingerprint density at radius 1 is 1.32 bits per heavy atom. The van der Waals surface area contributed by atoms with Crippen LogP contribution in [0.1, 0.15) is 31.7 Å². The van der Waals surface area contributed by atoms with E-state index in [1.807, 2.05) is 24.3 Å². The Kier molecular flexibility index (Phi) is 4.80. The number of nitrogens with two attached hydrogens (primary N) is 1. The molecule has 4 heteroatoms. The molecule has 1 saturated carbocycles. The summed E-state index contributed by atoms with van der Waals surface area (Å²) in [4.78, 5) is 11.8. The van der Waals surface area contributed by atoms with E-state index in [0.717, 1.165) is 23.7 Å². The van der Waals surface area contributed by atoms with Crippen LogP contribution in [0, 0.1) is 11.8 Å². The highest BCUT2D eigenvalue weighted by atomic mass is 16.2. The summed E-state index contributed by atoms with van der Waals surface area (Å²) in [6, 6.07) is 7.48. The molecule has 2 amide bonds. The molecule has 0 spiro atoms. The van der Waals surface area contributed by atoms with Crippen molar-refractivity contribution in [2.75, 3.05) is 11.9 Å². The van der Waals surface area contributed by atoms with Gasteiger partial charge in [0.2, 0.25) is 0 Å². The summed E-state index contributed by atoms with van der Waals surface area (Å²) in [7, 11) is 0. The number of nitrogens with one attached hydrogen (secondary N) is 2. The second-order valence-electron chi connectivity index (χ2n) is 5.40. The van der Waals surface area contributed by atoms with Crippen molar-refractivity contribution in [1.82, 2.24) is 5.32 Å². The van der Waals surface area contributed by atoms with Crippen molar-refractivity contribution in [3.63, 3.8) is 0 Å². The van der Waals surface area contributed by atoms with E-state index in [1.54, 1.807) is 0 Å². The van der Waals surface area contributed by atoms with E-state index >= 15 is 0 Å². The Hall–Kier alpha value is -1.55. The zero-order valence-corrected chi connectivity index (χ0v) is 11.5. The summed E-state index contributed by atoms with van der Waals surface area (Å²) in [5.41, 5.74) is 7.39. The maximum Gasteiger partial charge on any atom is 0.319 e. The maximum atomic E-state index is 11.8. The lowest BCUT2D eigenvalue weighted by Crippen LogP contribution is -2.33. The Labute approximate surface area is 114 Å². The summed E-state index contributed by atoms with van der Waals surface area (Å²) in [5.74, 6) is 1.36. The van der Waals surface area contributed by atoms with Crippen molar-refractivity contribution in [3.05, 3.63) is 29.8 Å². The van der Waals surface area contributed by atoms with Crippen LogP contribution in [0.25, 0.3) is 0 Å². The van der Waals surface area contributed by atoms with Crippen molar-refractivity contribution in [2.45, 2.75) is 32.7 Å². The molecule has 2 atom stereocenters. The largest absolute Gasteiger partial charge is 0.338 e. The summed E-state index contributed by atoms with van der Waals surface area (Å²) in [6.45, 7) is 3.56. The van der Waals surface area contributed by atoms with Gasteiger partial charge in [0.05, 0.1) is 0 Å². The Bertz CT molecular complexity index is 416. The first-order valence-corrected chi connectivity index (χ1v) is 7.03. The molecule has 1 fully saturated rings. The smallest absolute Gasteiger partial charge is 0.319 e. The van der Waals surface area contributed by atoms with E-state index in [4.69, 9.17) is 5.73 Å². The van der Waals surface area contributed by atoms with Crippen molar-refractivity contribution < 1.29 is 4.79 Å². The molecule has 0 bridgehead atoms. The standard InChI is InChI=1S/C15H23N3O/c1-11-3-2-4-13(11)10-17-15(19)18-14-7-5-12(9-16)6-8-14/h5-8,11,13H,2-4,9-10,16H2,1H3,(H2,17,18,19). The average molecular weight is 261 g/mol. The van der Waals surface area contributed by atoms with E-state index in [-0.39, 0.29) is 6.03 Å². The predicted octanol–water partition coefficient (Wildman–Crippen LogP) is 2.70. The van der Waals surface area contributed by atoms with Crippen molar-refractivity contribution in [3.8, 4) is 0 Å². The molecule has 1 aliphatic carbocycles. The van der Waals surface area contributed by atoms with Gasteiger partial charge in [-0.2, -0.15) is 0 Å². The van der Waals surface area contributed by atoms with Crippen LogP contribution in [-0.2, 0) is 6.54 Å². The highest BCUT2D eigenvalue weighted by Gasteiger charge is 2.23. The van der Waals surface area contributed by atoms with Crippen molar-refractivity contribution >= 4 is 11.7 Å². The van der Waals surface area contributed by atoms with E-state index in [2.05, 4.69) is 17.6 Å². The summed E-state index contributed by atoms with van der Waals surface area (Å²) < 4.78 is 0. The lowest BCUT2D eigenvalue weighted by Gasteiger charge is -2.16. The zero-order chi connectivity index (χ0) is 13.7. The minimum Gasteiger partial charge on any atom is -0.338 e. The second-order valence-corrected chi connectivity index (χ2v) is 5.40. The van der Waals surface area contributed by atoms with Gasteiger partial charge < -0.3 is 16.4 Å². The number of carbonyl (C=O) groups excluding carboxylic acids is 1. The van der Waals surface area contributed by atoms with Crippen LogP contribution >= 0.6 is 0 Å². The van der Waals surface area contributed by atoms with Gasteiger partial charge in [-0.25, -0.2) is 4.79 Å². The molecule has 2 unspecified atom stereocenters. The van der Waals surface area contributed by atoms with Gasteiger partial charge in [-0.05, 0) is 36.0 Å². The van der Waals surface area contributed by atoms with E-state index in [9.17, 15) is 4.79 Å². The minimum absolute atomic E-state index is 0.125. The van der Waals surface area contributed by atoms with E-state index in [1.165, 1.54) is 19.3 Å².